The molecule has 5 aliphatic carbocycles. The van der Waals surface area contributed by atoms with Crippen molar-refractivity contribution in [2.24, 2.45) is 50.7 Å². The van der Waals surface area contributed by atoms with E-state index in [0.717, 1.165) is 32.1 Å². The first-order chi connectivity index (χ1) is 23.9. The van der Waals surface area contributed by atoms with E-state index in [9.17, 15) is 19.8 Å². The van der Waals surface area contributed by atoms with Gasteiger partial charge in [0.15, 0.2) is 12.4 Å². The number of morpholine rings is 1. The molecule has 11 heteroatoms. The van der Waals surface area contributed by atoms with Crippen LogP contribution in [0.4, 0.5) is 0 Å². The standard InChI is InChI=1S/C40H60N2O9/c1-22-19-25(33(36(5,6)46)48-23(2)43)49-31-30(22)37(7)14-15-40-21-39(40)13-11-28(35(3,4)26(39)9-10-27(40)38(37,8)32(31)44)50-29-20-42(17-18-47-29)34(45)24-12-16-41-51-24/h12,16,22,25-33,44,46H,9-11,13-15,17-21H2,1-8H3/t22-,25?,26+,27?,28?,29?,30+,31?,32+,33+,37?,38?,39?,40?/m1/s1. The summed E-state index contributed by atoms with van der Waals surface area (Å²) < 4.78 is 30.6. The highest BCUT2D eigenvalue weighted by atomic mass is 16.7. The van der Waals surface area contributed by atoms with Crippen LogP contribution in [-0.2, 0) is 23.7 Å². The molecule has 9 unspecified atom stereocenters. The van der Waals surface area contributed by atoms with Gasteiger partial charge < -0.3 is 38.6 Å². The normalized spacial score (nSPS) is 47.6. The van der Waals surface area contributed by atoms with Crippen LogP contribution in [0.1, 0.15) is 117 Å². The van der Waals surface area contributed by atoms with Gasteiger partial charge in [0.1, 0.15) is 0 Å². The number of aliphatic hydroxyl groups excluding tert-OH is 1. The summed E-state index contributed by atoms with van der Waals surface area (Å²) in [4.78, 5) is 26.8. The molecule has 5 saturated carbocycles. The maximum absolute atomic E-state index is 13.0. The van der Waals surface area contributed by atoms with Gasteiger partial charge >= 0.3 is 5.97 Å². The fourth-order valence-electron chi connectivity index (χ4n) is 14.2. The SMILES string of the molecule is CC(=O)O[C@@H](C1C[C@@H](C)[C@H]2C(O1)[C@H](O)C1(C)C3CC[C@H]4C(C)(C)C(OC5CN(C(=O)c6ccno6)CCO5)CCC45CC35CCC21C)C(C)(C)O. The lowest BCUT2D eigenvalue weighted by Crippen LogP contribution is -2.60. The molecule has 14 atom stereocenters. The highest BCUT2D eigenvalue weighted by Gasteiger charge is 2.84. The van der Waals surface area contributed by atoms with E-state index in [1.54, 1.807) is 24.8 Å². The topological polar surface area (TPSA) is 141 Å². The van der Waals surface area contributed by atoms with Crippen LogP contribution in [0.2, 0.25) is 0 Å². The van der Waals surface area contributed by atoms with Crippen LogP contribution in [0.5, 0.6) is 0 Å². The number of rotatable bonds is 6. The smallest absolute Gasteiger partial charge is 0.303 e. The lowest BCUT2D eigenvalue weighted by atomic mass is 9.41. The van der Waals surface area contributed by atoms with Gasteiger partial charge in [-0.3, -0.25) is 9.59 Å². The number of carbonyl (C=O) groups is 2. The number of aromatic nitrogens is 1. The molecule has 1 aromatic heterocycles. The van der Waals surface area contributed by atoms with Crippen molar-refractivity contribution in [1.29, 1.82) is 0 Å². The molecule has 51 heavy (non-hydrogen) atoms. The minimum Gasteiger partial charge on any atom is -0.457 e. The van der Waals surface area contributed by atoms with E-state index in [1.807, 2.05) is 0 Å². The van der Waals surface area contributed by atoms with E-state index in [-0.39, 0.29) is 62.8 Å². The molecule has 0 bridgehead atoms. The molecule has 7 aliphatic rings. The molecule has 2 saturated heterocycles. The van der Waals surface area contributed by atoms with Crippen molar-refractivity contribution in [2.75, 3.05) is 19.7 Å². The summed E-state index contributed by atoms with van der Waals surface area (Å²) in [7, 11) is 0. The van der Waals surface area contributed by atoms with Crippen LogP contribution >= 0.6 is 0 Å². The van der Waals surface area contributed by atoms with Crippen LogP contribution in [-0.4, -0.2) is 94.3 Å². The van der Waals surface area contributed by atoms with E-state index < -0.39 is 36.2 Å². The summed E-state index contributed by atoms with van der Waals surface area (Å²) in [5.74, 6) is 0.921. The third kappa shape index (κ3) is 4.95. The van der Waals surface area contributed by atoms with Gasteiger partial charge in [0.05, 0.1) is 49.4 Å². The van der Waals surface area contributed by atoms with Crippen molar-refractivity contribution in [1.82, 2.24) is 10.1 Å². The Morgan fingerprint density at radius 1 is 1.08 bits per heavy atom. The number of hydrogen-bond acceptors (Lipinski definition) is 10. The third-order valence-electron chi connectivity index (χ3n) is 16.4. The van der Waals surface area contributed by atoms with Crippen molar-refractivity contribution in [3.8, 4) is 0 Å². The fraction of sp³-hybridized carbons (Fsp3) is 0.875. The zero-order chi connectivity index (χ0) is 36.5. The molecule has 7 fully saturated rings. The fourth-order valence-corrected chi connectivity index (χ4v) is 14.2. The molecule has 1 aromatic rings. The van der Waals surface area contributed by atoms with Crippen LogP contribution in [0, 0.1) is 50.7 Å². The first-order valence-corrected chi connectivity index (χ1v) is 19.6. The van der Waals surface area contributed by atoms with Gasteiger partial charge in [0.2, 0.25) is 5.76 Å². The van der Waals surface area contributed by atoms with Gasteiger partial charge in [-0.1, -0.05) is 39.8 Å². The Bertz CT molecular complexity index is 1530. The Morgan fingerprint density at radius 3 is 2.49 bits per heavy atom. The molecular formula is C40H60N2O9. The highest BCUT2D eigenvalue weighted by Crippen LogP contribution is 2.89. The quantitative estimate of drug-likeness (QED) is 0.370. The van der Waals surface area contributed by atoms with Gasteiger partial charge in [-0.05, 0) is 111 Å². The van der Waals surface area contributed by atoms with Crippen LogP contribution in [0.15, 0.2) is 16.8 Å². The second-order valence-corrected chi connectivity index (χ2v) is 19.3. The predicted molar refractivity (Wildman–Crippen MR) is 185 cm³/mol. The number of fused-ring (bicyclic) bond motifs is 4. The molecule has 2 aliphatic heterocycles. The Balaban J connectivity index is 1.01. The highest BCUT2D eigenvalue weighted by molar-refractivity contribution is 5.91. The van der Waals surface area contributed by atoms with Crippen LogP contribution in [0.25, 0.3) is 0 Å². The molecule has 2 spiro atoms. The van der Waals surface area contributed by atoms with Crippen LogP contribution < -0.4 is 0 Å². The number of esters is 1. The molecule has 0 aromatic carbocycles. The average molecular weight is 713 g/mol. The monoisotopic (exact) mass is 712 g/mol. The molecule has 1 amide bonds. The van der Waals surface area contributed by atoms with Crippen LogP contribution in [0.3, 0.4) is 0 Å². The number of nitrogens with zero attached hydrogens (tertiary/aromatic N) is 2. The van der Waals surface area contributed by atoms with E-state index in [0.29, 0.717) is 38.0 Å². The Morgan fingerprint density at radius 2 is 1.80 bits per heavy atom. The molecule has 0 radical (unpaired) electrons. The van der Waals surface area contributed by atoms with E-state index >= 15 is 0 Å². The van der Waals surface area contributed by atoms with Crippen molar-refractivity contribution in [2.45, 2.75) is 149 Å². The first kappa shape index (κ1) is 36.0. The summed E-state index contributed by atoms with van der Waals surface area (Å²) >= 11 is 0. The third-order valence-corrected chi connectivity index (χ3v) is 16.4. The Kier molecular flexibility index (Phi) is 8.26. The van der Waals surface area contributed by atoms with E-state index in [2.05, 4.69) is 39.8 Å². The van der Waals surface area contributed by atoms with Gasteiger partial charge in [-0.15, -0.1) is 0 Å². The number of amides is 1. The lowest BCUT2D eigenvalue weighted by Gasteiger charge is -2.64. The number of hydrogen-bond donors (Lipinski definition) is 2. The van der Waals surface area contributed by atoms with Crippen molar-refractivity contribution in [3.63, 3.8) is 0 Å². The number of aliphatic hydroxyl groups is 2. The minimum absolute atomic E-state index is 0.0177. The second-order valence-electron chi connectivity index (χ2n) is 19.3. The maximum atomic E-state index is 13.0. The summed E-state index contributed by atoms with van der Waals surface area (Å²) in [6.07, 6.45) is 7.07. The molecule has 11 nitrogen and oxygen atoms in total. The maximum Gasteiger partial charge on any atom is 0.303 e. The summed E-state index contributed by atoms with van der Waals surface area (Å²) in [5.41, 5.74) is -1.35. The second kappa shape index (κ2) is 11.7. The minimum atomic E-state index is -1.28. The van der Waals surface area contributed by atoms with E-state index in [1.165, 1.54) is 26.0 Å². The van der Waals surface area contributed by atoms with Gasteiger partial charge in [0.25, 0.3) is 5.91 Å². The predicted octanol–water partition coefficient (Wildman–Crippen LogP) is 5.37. The Labute approximate surface area is 302 Å². The molecule has 3 heterocycles. The lowest BCUT2D eigenvalue weighted by molar-refractivity contribution is -0.245. The van der Waals surface area contributed by atoms with Gasteiger partial charge in [-0.25, -0.2) is 0 Å². The van der Waals surface area contributed by atoms with E-state index in [4.69, 9.17) is 23.5 Å². The van der Waals surface area contributed by atoms with Gasteiger partial charge in [0, 0.05) is 24.9 Å². The molecule has 2 N–H and O–H groups in total. The average Bonchev–Trinajstić information content (AvgIpc) is 3.32. The number of ether oxygens (including phenoxy) is 4. The van der Waals surface area contributed by atoms with Gasteiger partial charge in [-0.2, -0.15) is 0 Å². The number of carbonyl (C=O) groups excluding carboxylic acids is 2. The van der Waals surface area contributed by atoms with Crippen molar-refractivity contribution < 1.29 is 43.3 Å². The molecule has 8 rings (SSSR count). The summed E-state index contributed by atoms with van der Waals surface area (Å²) in [5, 5.41) is 27.3. The zero-order valence-corrected chi connectivity index (χ0v) is 31.9. The first-order valence-electron chi connectivity index (χ1n) is 19.6. The van der Waals surface area contributed by atoms with Crippen molar-refractivity contribution >= 4 is 11.9 Å². The summed E-state index contributed by atoms with van der Waals surface area (Å²) in [6, 6.07) is 1.59. The Hall–Kier alpha value is -2.05. The largest absolute Gasteiger partial charge is 0.457 e. The molecular weight excluding hydrogens is 652 g/mol. The zero-order valence-electron chi connectivity index (χ0n) is 31.9. The molecule has 284 valence electrons. The summed E-state index contributed by atoms with van der Waals surface area (Å²) in [6.45, 7) is 17.9. The van der Waals surface area contributed by atoms with Crippen molar-refractivity contribution in [3.05, 3.63) is 18.0 Å².